The van der Waals surface area contributed by atoms with Crippen LogP contribution in [0.15, 0.2) is 78.4 Å². The Hall–Kier alpha value is -3.62. The van der Waals surface area contributed by atoms with Crippen molar-refractivity contribution >= 4 is 29.3 Å². The summed E-state index contributed by atoms with van der Waals surface area (Å²) in [6.45, 7) is 0.374. The molecule has 1 amide bonds. The Labute approximate surface area is 172 Å². The average Bonchev–Trinajstić information content (AvgIpc) is 2.73. The number of amides is 1. The van der Waals surface area contributed by atoms with Crippen molar-refractivity contribution in [1.82, 2.24) is 0 Å². The van der Waals surface area contributed by atoms with Crippen molar-refractivity contribution in [3.63, 3.8) is 0 Å². The van der Waals surface area contributed by atoms with Gasteiger partial charge in [0.15, 0.2) is 0 Å². The predicted octanol–water partition coefficient (Wildman–Crippen LogP) is 5.60. The zero-order valence-corrected chi connectivity index (χ0v) is 16.0. The first-order valence-corrected chi connectivity index (χ1v) is 9.08. The van der Waals surface area contributed by atoms with Crippen molar-refractivity contribution in [1.29, 1.82) is 5.26 Å². The molecule has 0 aromatic heterocycles. The fraction of sp³-hybridized carbons (Fsp3) is 0.0435. The van der Waals surface area contributed by atoms with E-state index < -0.39 is 11.7 Å². The molecule has 0 heterocycles. The third kappa shape index (κ3) is 5.68. The molecule has 0 saturated carbocycles. The van der Waals surface area contributed by atoms with Crippen LogP contribution in [0.5, 0.6) is 5.75 Å². The largest absolute Gasteiger partial charge is 0.487 e. The van der Waals surface area contributed by atoms with Crippen molar-refractivity contribution in [2.75, 3.05) is 5.32 Å². The zero-order valence-electron chi connectivity index (χ0n) is 15.2. The lowest BCUT2D eigenvalue weighted by Gasteiger charge is -2.09. The molecule has 0 bridgehead atoms. The molecule has 0 radical (unpaired) electrons. The van der Waals surface area contributed by atoms with Gasteiger partial charge in [-0.1, -0.05) is 48.0 Å². The Morgan fingerprint density at radius 3 is 2.48 bits per heavy atom. The topological polar surface area (TPSA) is 62.1 Å². The summed E-state index contributed by atoms with van der Waals surface area (Å²) in [6, 6.07) is 21.8. The second-order valence-corrected chi connectivity index (χ2v) is 6.50. The second-order valence-electron chi connectivity index (χ2n) is 6.09. The molecule has 3 aromatic carbocycles. The highest BCUT2D eigenvalue weighted by molar-refractivity contribution is 6.32. The van der Waals surface area contributed by atoms with E-state index in [-0.39, 0.29) is 5.57 Å². The van der Waals surface area contributed by atoms with Gasteiger partial charge >= 0.3 is 0 Å². The lowest BCUT2D eigenvalue weighted by molar-refractivity contribution is -0.112. The van der Waals surface area contributed by atoms with Crippen LogP contribution in [0.25, 0.3) is 6.08 Å². The van der Waals surface area contributed by atoms with Crippen molar-refractivity contribution in [2.24, 2.45) is 0 Å². The van der Waals surface area contributed by atoms with E-state index in [2.05, 4.69) is 5.32 Å². The zero-order chi connectivity index (χ0) is 20.6. The fourth-order valence-electron chi connectivity index (χ4n) is 2.51. The Kier molecular flexibility index (Phi) is 6.62. The van der Waals surface area contributed by atoms with Gasteiger partial charge in [0.2, 0.25) is 0 Å². The molecule has 3 aromatic rings. The Balaban J connectivity index is 1.70. The number of hydrogen-bond acceptors (Lipinski definition) is 3. The van der Waals surface area contributed by atoms with Gasteiger partial charge < -0.3 is 10.1 Å². The maximum atomic E-state index is 13.0. The van der Waals surface area contributed by atoms with Crippen molar-refractivity contribution < 1.29 is 13.9 Å². The Morgan fingerprint density at radius 1 is 1.10 bits per heavy atom. The number of rotatable bonds is 6. The van der Waals surface area contributed by atoms with Gasteiger partial charge in [0.1, 0.15) is 29.8 Å². The molecule has 1 N–H and O–H groups in total. The quantitative estimate of drug-likeness (QED) is 0.428. The molecule has 144 valence electrons. The van der Waals surface area contributed by atoms with Crippen molar-refractivity contribution in [3.05, 3.63) is 100 Å². The number of carbonyl (C=O) groups is 1. The van der Waals surface area contributed by atoms with Gasteiger partial charge in [0, 0.05) is 5.69 Å². The van der Waals surface area contributed by atoms with E-state index in [0.29, 0.717) is 28.6 Å². The fourth-order valence-corrected chi connectivity index (χ4v) is 2.75. The minimum absolute atomic E-state index is 0.108. The summed E-state index contributed by atoms with van der Waals surface area (Å²) in [5, 5.41) is 12.2. The molecule has 3 rings (SSSR count). The van der Waals surface area contributed by atoms with Crippen LogP contribution < -0.4 is 10.1 Å². The molecule has 29 heavy (non-hydrogen) atoms. The van der Waals surface area contributed by atoms with Gasteiger partial charge in [-0.2, -0.15) is 5.26 Å². The molecule has 0 unspecified atom stereocenters. The van der Waals surface area contributed by atoms with Gasteiger partial charge in [0.05, 0.1) is 5.02 Å². The van der Waals surface area contributed by atoms with Gasteiger partial charge in [0.25, 0.3) is 5.91 Å². The third-order valence-corrected chi connectivity index (χ3v) is 4.27. The number of carbonyl (C=O) groups excluding carboxylic acids is 1. The Bertz CT molecular complexity index is 1070. The normalized spacial score (nSPS) is 10.9. The maximum absolute atomic E-state index is 13.0. The van der Waals surface area contributed by atoms with E-state index in [9.17, 15) is 14.4 Å². The SMILES string of the molecule is N#C/C(=C\c1ccc(OCc2ccccc2)c(Cl)c1)C(=O)Nc1ccc(F)cc1. The first-order chi connectivity index (χ1) is 14.0. The average molecular weight is 407 g/mol. The summed E-state index contributed by atoms with van der Waals surface area (Å²) < 4.78 is 18.7. The molecule has 0 fully saturated rings. The molecule has 0 spiro atoms. The van der Waals surface area contributed by atoms with E-state index in [4.69, 9.17) is 16.3 Å². The number of ether oxygens (including phenoxy) is 1. The molecular weight excluding hydrogens is 391 g/mol. The van der Waals surface area contributed by atoms with E-state index in [0.717, 1.165) is 5.56 Å². The number of nitrogens with one attached hydrogen (secondary N) is 1. The van der Waals surface area contributed by atoms with E-state index >= 15 is 0 Å². The molecule has 6 heteroatoms. The summed E-state index contributed by atoms with van der Waals surface area (Å²) >= 11 is 6.27. The van der Waals surface area contributed by atoms with Crippen molar-refractivity contribution in [2.45, 2.75) is 6.61 Å². The number of halogens is 2. The number of anilines is 1. The van der Waals surface area contributed by atoms with Crippen LogP contribution in [0.2, 0.25) is 5.02 Å². The monoisotopic (exact) mass is 406 g/mol. The summed E-state index contributed by atoms with van der Waals surface area (Å²) in [4.78, 5) is 12.3. The summed E-state index contributed by atoms with van der Waals surface area (Å²) in [7, 11) is 0. The minimum Gasteiger partial charge on any atom is -0.487 e. The molecule has 0 atom stereocenters. The number of nitrogens with zero attached hydrogens (tertiary/aromatic N) is 1. The number of benzene rings is 3. The first kappa shape index (κ1) is 20.1. The molecule has 0 aliphatic rings. The first-order valence-electron chi connectivity index (χ1n) is 8.70. The molecule has 0 saturated heterocycles. The van der Waals surface area contributed by atoms with E-state index in [1.165, 1.54) is 30.3 Å². The Morgan fingerprint density at radius 2 is 1.83 bits per heavy atom. The molecule has 4 nitrogen and oxygen atoms in total. The van der Waals surface area contributed by atoms with Gasteiger partial charge in [-0.05, 0) is 53.6 Å². The van der Waals surface area contributed by atoms with Gasteiger partial charge in [-0.3, -0.25) is 4.79 Å². The molecule has 0 aliphatic carbocycles. The minimum atomic E-state index is -0.598. The highest BCUT2D eigenvalue weighted by atomic mass is 35.5. The smallest absolute Gasteiger partial charge is 0.266 e. The van der Waals surface area contributed by atoms with Gasteiger partial charge in [-0.15, -0.1) is 0 Å². The van der Waals surface area contributed by atoms with E-state index in [1.807, 2.05) is 36.4 Å². The summed E-state index contributed by atoms with van der Waals surface area (Å²) in [5.74, 6) is -0.509. The highest BCUT2D eigenvalue weighted by Crippen LogP contribution is 2.27. The number of nitriles is 1. The lowest BCUT2D eigenvalue weighted by atomic mass is 10.1. The standard InChI is InChI=1S/C23H16ClFN2O2/c24-21-13-17(6-11-22(21)29-15-16-4-2-1-3-5-16)12-18(14-26)23(28)27-20-9-7-19(25)8-10-20/h1-13H,15H2,(H,27,28)/b18-12+. The van der Waals surface area contributed by atoms with Crippen LogP contribution in [-0.2, 0) is 11.4 Å². The highest BCUT2D eigenvalue weighted by Gasteiger charge is 2.11. The molecular formula is C23H16ClFN2O2. The van der Waals surface area contributed by atoms with E-state index in [1.54, 1.807) is 18.2 Å². The lowest BCUT2D eigenvalue weighted by Crippen LogP contribution is -2.13. The van der Waals surface area contributed by atoms with Crippen LogP contribution in [0.3, 0.4) is 0 Å². The maximum Gasteiger partial charge on any atom is 0.266 e. The van der Waals surface area contributed by atoms with Crippen molar-refractivity contribution in [3.8, 4) is 11.8 Å². The van der Waals surface area contributed by atoms with Crippen LogP contribution in [0.4, 0.5) is 10.1 Å². The predicted molar refractivity (Wildman–Crippen MR) is 111 cm³/mol. The van der Waals surface area contributed by atoms with Crippen LogP contribution in [0.1, 0.15) is 11.1 Å². The van der Waals surface area contributed by atoms with Crippen LogP contribution >= 0.6 is 11.6 Å². The summed E-state index contributed by atoms with van der Waals surface area (Å²) in [6.07, 6.45) is 1.42. The number of hydrogen-bond donors (Lipinski definition) is 1. The van der Waals surface area contributed by atoms with Crippen LogP contribution in [-0.4, -0.2) is 5.91 Å². The van der Waals surface area contributed by atoms with Crippen LogP contribution in [0, 0.1) is 17.1 Å². The van der Waals surface area contributed by atoms with Gasteiger partial charge in [-0.25, -0.2) is 4.39 Å². The molecule has 0 aliphatic heterocycles. The summed E-state index contributed by atoms with van der Waals surface area (Å²) in [5.41, 5.74) is 1.87. The second kappa shape index (κ2) is 9.54. The third-order valence-electron chi connectivity index (χ3n) is 3.97.